The Bertz CT molecular complexity index is 712. The van der Waals surface area contributed by atoms with Crippen molar-refractivity contribution in [2.24, 2.45) is 7.05 Å². The number of aryl methyl sites for hydroxylation is 1. The summed E-state index contributed by atoms with van der Waals surface area (Å²) in [6.45, 7) is 0.888. The molecule has 0 radical (unpaired) electrons. The molecule has 0 saturated heterocycles. The van der Waals surface area contributed by atoms with Gasteiger partial charge in [-0.3, -0.25) is 4.79 Å². The lowest BCUT2D eigenvalue weighted by atomic mass is 10.2. The van der Waals surface area contributed by atoms with Crippen molar-refractivity contribution in [3.63, 3.8) is 0 Å². The number of fused-ring (bicyclic) bond motifs is 1. The predicted molar refractivity (Wildman–Crippen MR) is 79.3 cm³/mol. The number of hydrogen-bond donors (Lipinski definition) is 1. The molecule has 1 aromatic heterocycles. The van der Waals surface area contributed by atoms with E-state index in [0.717, 1.165) is 27.2 Å². The van der Waals surface area contributed by atoms with Gasteiger partial charge in [0.25, 0.3) is 0 Å². The van der Waals surface area contributed by atoms with Crippen molar-refractivity contribution in [2.45, 2.75) is 6.54 Å². The van der Waals surface area contributed by atoms with Crippen molar-refractivity contribution >= 4 is 21.6 Å². The first-order valence-electron chi connectivity index (χ1n) is 6.12. The van der Waals surface area contributed by atoms with Crippen molar-refractivity contribution in [1.29, 1.82) is 0 Å². The van der Waals surface area contributed by atoms with Gasteiger partial charge in [-0.1, -0.05) is 0 Å². The van der Waals surface area contributed by atoms with E-state index >= 15 is 0 Å². The predicted octanol–water partition coefficient (Wildman–Crippen LogP) is 2.49. The van der Waals surface area contributed by atoms with Crippen LogP contribution in [0.4, 0.5) is 5.69 Å². The number of nitrogens with zero attached hydrogens (tertiary/aromatic N) is 1. The number of nitrogens with one attached hydrogen (secondary N) is 1. The number of ether oxygens (including phenoxy) is 2. The highest BCUT2D eigenvalue weighted by atomic mass is 79.9. The third-order valence-electron chi connectivity index (χ3n) is 3.07. The van der Waals surface area contributed by atoms with Gasteiger partial charge in [0.15, 0.2) is 11.5 Å². The molecular formula is C14H13BrN2O3. The Morgan fingerprint density at radius 2 is 2.20 bits per heavy atom. The third-order valence-corrected chi connectivity index (χ3v) is 3.66. The van der Waals surface area contributed by atoms with Crippen LogP contribution in [0.25, 0.3) is 0 Å². The van der Waals surface area contributed by atoms with E-state index in [4.69, 9.17) is 9.47 Å². The average molecular weight is 337 g/mol. The van der Waals surface area contributed by atoms with Gasteiger partial charge in [0.2, 0.25) is 12.4 Å². The number of benzene rings is 1. The Morgan fingerprint density at radius 1 is 1.35 bits per heavy atom. The van der Waals surface area contributed by atoms with Gasteiger partial charge in [0.05, 0.1) is 10.2 Å². The zero-order chi connectivity index (χ0) is 14.1. The van der Waals surface area contributed by atoms with Crippen LogP contribution in [0.5, 0.6) is 11.5 Å². The molecule has 0 atom stereocenters. The molecule has 2 aromatic rings. The average Bonchev–Trinajstić information content (AvgIpc) is 2.89. The Labute approximate surface area is 124 Å². The molecule has 104 valence electrons. The third kappa shape index (κ3) is 2.51. The van der Waals surface area contributed by atoms with E-state index in [9.17, 15) is 4.79 Å². The molecule has 1 N–H and O–H groups in total. The molecule has 0 amide bonds. The van der Waals surface area contributed by atoms with Crippen LogP contribution >= 0.6 is 15.9 Å². The summed E-state index contributed by atoms with van der Waals surface area (Å²) < 4.78 is 13.1. The van der Waals surface area contributed by atoms with Crippen LogP contribution in [-0.2, 0) is 13.6 Å². The normalized spacial score (nSPS) is 12.5. The molecule has 0 spiro atoms. The van der Waals surface area contributed by atoms with Gasteiger partial charge >= 0.3 is 0 Å². The molecule has 1 aromatic carbocycles. The van der Waals surface area contributed by atoms with Crippen LogP contribution in [0.3, 0.4) is 0 Å². The quantitative estimate of drug-likeness (QED) is 0.935. The van der Waals surface area contributed by atoms with Gasteiger partial charge in [-0.2, -0.15) is 0 Å². The first kappa shape index (κ1) is 13.1. The molecule has 1 aliphatic heterocycles. The molecule has 0 unspecified atom stereocenters. The molecular weight excluding hydrogens is 324 g/mol. The molecule has 6 heteroatoms. The SMILES string of the molecule is Cn1cc(NCc2cc(Br)c3c(c2)OCO3)ccc1=O. The summed E-state index contributed by atoms with van der Waals surface area (Å²) in [6.07, 6.45) is 1.77. The van der Waals surface area contributed by atoms with Gasteiger partial charge in [-0.25, -0.2) is 0 Å². The van der Waals surface area contributed by atoms with Gasteiger partial charge in [-0.15, -0.1) is 0 Å². The van der Waals surface area contributed by atoms with Crippen molar-refractivity contribution in [3.8, 4) is 11.5 Å². The Balaban J connectivity index is 1.77. The van der Waals surface area contributed by atoms with Crippen LogP contribution in [0.1, 0.15) is 5.56 Å². The molecule has 3 rings (SSSR count). The number of aromatic nitrogens is 1. The fraction of sp³-hybridized carbons (Fsp3) is 0.214. The number of halogens is 1. The summed E-state index contributed by atoms with van der Waals surface area (Å²) in [5.74, 6) is 1.49. The Hall–Kier alpha value is -1.95. The zero-order valence-electron chi connectivity index (χ0n) is 10.9. The van der Waals surface area contributed by atoms with Crippen LogP contribution < -0.4 is 20.3 Å². The molecule has 5 nitrogen and oxygen atoms in total. The molecule has 0 bridgehead atoms. The van der Waals surface area contributed by atoms with Crippen molar-refractivity contribution < 1.29 is 9.47 Å². The lowest BCUT2D eigenvalue weighted by Crippen LogP contribution is -2.15. The second kappa shape index (κ2) is 5.20. The number of anilines is 1. The van der Waals surface area contributed by atoms with Gasteiger partial charge < -0.3 is 19.4 Å². The second-order valence-corrected chi connectivity index (χ2v) is 5.39. The van der Waals surface area contributed by atoms with Crippen molar-refractivity contribution in [1.82, 2.24) is 4.57 Å². The van der Waals surface area contributed by atoms with E-state index in [0.29, 0.717) is 6.54 Å². The first-order valence-corrected chi connectivity index (χ1v) is 6.91. The molecule has 2 heterocycles. The second-order valence-electron chi connectivity index (χ2n) is 4.53. The van der Waals surface area contributed by atoms with E-state index < -0.39 is 0 Å². The maximum absolute atomic E-state index is 11.3. The Kier molecular flexibility index (Phi) is 3.40. The molecule has 0 saturated carbocycles. The highest BCUT2D eigenvalue weighted by Gasteiger charge is 2.17. The minimum Gasteiger partial charge on any atom is -0.454 e. The largest absolute Gasteiger partial charge is 0.454 e. The van der Waals surface area contributed by atoms with E-state index in [-0.39, 0.29) is 12.4 Å². The highest BCUT2D eigenvalue weighted by molar-refractivity contribution is 9.10. The van der Waals surface area contributed by atoms with Gasteiger partial charge in [-0.05, 0) is 39.7 Å². The van der Waals surface area contributed by atoms with Crippen LogP contribution in [0.15, 0.2) is 39.7 Å². The summed E-state index contributed by atoms with van der Waals surface area (Å²) in [5.41, 5.74) is 1.93. The maximum atomic E-state index is 11.3. The summed E-state index contributed by atoms with van der Waals surface area (Å²) >= 11 is 3.47. The zero-order valence-corrected chi connectivity index (χ0v) is 12.4. The molecule has 0 aliphatic carbocycles. The number of hydrogen-bond acceptors (Lipinski definition) is 4. The molecule has 1 aliphatic rings. The smallest absolute Gasteiger partial charge is 0.250 e. The summed E-state index contributed by atoms with van der Waals surface area (Å²) in [6, 6.07) is 7.24. The lowest BCUT2D eigenvalue weighted by molar-refractivity contribution is 0.173. The van der Waals surface area contributed by atoms with E-state index in [2.05, 4.69) is 21.2 Å². The van der Waals surface area contributed by atoms with E-state index in [1.54, 1.807) is 19.3 Å². The minimum atomic E-state index is -0.0265. The summed E-state index contributed by atoms with van der Waals surface area (Å²) in [4.78, 5) is 11.3. The van der Waals surface area contributed by atoms with Crippen LogP contribution in [-0.4, -0.2) is 11.4 Å². The van der Waals surface area contributed by atoms with Crippen molar-refractivity contribution in [2.75, 3.05) is 12.1 Å². The van der Waals surface area contributed by atoms with Crippen LogP contribution in [0, 0.1) is 0 Å². The van der Waals surface area contributed by atoms with Crippen LogP contribution in [0.2, 0.25) is 0 Å². The van der Waals surface area contributed by atoms with Gasteiger partial charge in [0, 0.05) is 25.9 Å². The molecule has 20 heavy (non-hydrogen) atoms. The maximum Gasteiger partial charge on any atom is 0.250 e. The fourth-order valence-electron chi connectivity index (χ4n) is 2.03. The summed E-state index contributed by atoms with van der Waals surface area (Å²) in [7, 11) is 1.73. The molecule has 0 fully saturated rings. The summed E-state index contributed by atoms with van der Waals surface area (Å²) in [5, 5.41) is 3.27. The number of rotatable bonds is 3. The lowest BCUT2D eigenvalue weighted by Gasteiger charge is -2.09. The standard InChI is InChI=1S/C14H13BrN2O3/c1-17-7-10(2-3-13(17)18)16-6-9-4-11(15)14-12(5-9)19-8-20-14/h2-5,7,16H,6,8H2,1H3. The van der Waals surface area contributed by atoms with E-state index in [1.807, 2.05) is 12.1 Å². The highest BCUT2D eigenvalue weighted by Crippen LogP contribution is 2.40. The first-order chi connectivity index (χ1) is 9.63. The topological polar surface area (TPSA) is 52.5 Å². The van der Waals surface area contributed by atoms with Crippen molar-refractivity contribution in [3.05, 3.63) is 50.9 Å². The Morgan fingerprint density at radius 3 is 3.00 bits per heavy atom. The monoisotopic (exact) mass is 336 g/mol. The fourth-order valence-corrected chi connectivity index (χ4v) is 2.63. The van der Waals surface area contributed by atoms with E-state index in [1.165, 1.54) is 10.6 Å². The minimum absolute atomic E-state index is 0.0265. The van der Waals surface area contributed by atoms with Gasteiger partial charge in [0.1, 0.15) is 0 Å². The number of pyridine rings is 1.